The van der Waals surface area contributed by atoms with Crippen LogP contribution in [-0.2, 0) is 0 Å². The molecule has 0 aromatic heterocycles. The highest BCUT2D eigenvalue weighted by molar-refractivity contribution is 5.29. The number of rotatable bonds is 4. The third-order valence-corrected chi connectivity index (χ3v) is 6.08. The summed E-state index contributed by atoms with van der Waals surface area (Å²) in [5.74, 6) is 3.65. The molecule has 0 radical (unpaired) electrons. The standard InChI is InChI=1S/C20H28F2O/c1-14-2-4-15(5-3-14)16-6-8-17(9-7-16)18-10-12-19(13-11-18)23-20(21)22/h10-17,20H,2-9H2,1H3. The predicted octanol–water partition coefficient (Wildman–Crippen LogP) is 6.39. The average Bonchev–Trinajstić information content (AvgIpc) is 2.56. The van der Waals surface area contributed by atoms with Crippen molar-refractivity contribution in [3.8, 4) is 5.75 Å². The lowest BCUT2D eigenvalue weighted by Gasteiger charge is -2.37. The first-order valence-corrected chi connectivity index (χ1v) is 9.16. The molecule has 0 heterocycles. The second-order valence-electron chi connectivity index (χ2n) is 7.58. The Morgan fingerprint density at radius 1 is 0.826 bits per heavy atom. The molecule has 2 aliphatic carbocycles. The van der Waals surface area contributed by atoms with E-state index in [1.165, 1.54) is 56.9 Å². The summed E-state index contributed by atoms with van der Waals surface area (Å²) in [6, 6.07) is 7.28. The van der Waals surface area contributed by atoms with Crippen molar-refractivity contribution in [2.75, 3.05) is 0 Å². The van der Waals surface area contributed by atoms with Crippen molar-refractivity contribution in [2.24, 2.45) is 17.8 Å². The van der Waals surface area contributed by atoms with Crippen molar-refractivity contribution in [2.45, 2.75) is 70.8 Å². The molecule has 2 saturated carbocycles. The number of alkyl halides is 2. The van der Waals surface area contributed by atoms with Crippen molar-refractivity contribution in [3.05, 3.63) is 29.8 Å². The highest BCUT2D eigenvalue weighted by atomic mass is 19.3. The van der Waals surface area contributed by atoms with E-state index in [1.54, 1.807) is 12.1 Å². The van der Waals surface area contributed by atoms with Crippen LogP contribution in [0, 0.1) is 17.8 Å². The molecular formula is C20H28F2O. The fourth-order valence-corrected chi connectivity index (χ4v) is 4.60. The molecule has 3 rings (SSSR count). The Bertz CT molecular complexity index is 469. The molecular weight excluding hydrogens is 294 g/mol. The molecule has 1 aromatic carbocycles. The van der Waals surface area contributed by atoms with E-state index in [4.69, 9.17) is 0 Å². The summed E-state index contributed by atoms with van der Waals surface area (Å²) in [6.07, 6.45) is 10.8. The molecule has 1 nitrogen and oxygen atoms in total. The van der Waals surface area contributed by atoms with Crippen molar-refractivity contribution in [1.29, 1.82) is 0 Å². The Morgan fingerprint density at radius 2 is 1.35 bits per heavy atom. The Morgan fingerprint density at radius 3 is 1.87 bits per heavy atom. The SMILES string of the molecule is CC1CCC(C2CCC(c3ccc(OC(F)F)cc3)CC2)CC1. The fourth-order valence-electron chi connectivity index (χ4n) is 4.60. The van der Waals surface area contributed by atoms with Crippen LogP contribution in [0.25, 0.3) is 0 Å². The summed E-state index contributed by atoms with van der Waals surface area (Å²) >= 11 is 0. The van der Waals surface area contributed by atoms with Crippen LogP contribution in [0.1, 0.15) is 69.8 Å². The number of hydrogen-bond acceptors (Lipinski definition) is 1. The summed E-state index contributed by atoms with van der Waals surface area (Å²) in [5, 5.41) is 0. The Kier molecular flexibility index (Phi) is 5.55. The van der Waals surface area contributed by atoms with Crippen LogP contribution >= 0.6 is 0 Å². The van der Waals surface area contributed by atoms with Gasteiger partial charge in [0.15, 0.2) is 0 Å². The highest BCUT2D eigenvalue weighted by Gasteiger charge is 2.30. The van der Waals surface area contributed by atoms with Crippen LogP contribution in [-0.4, -0.2) is 6.61 Å². The molecule has 2 fully saturated rings. The van der Waals surface area contributed by atoms with E-state index in [-0.39, 0.29) is 5.75 Å². The van der Waals surface area contributed by atoms with E-state index >= 15 is 0 Å². The zero-order valence-corrected chi connectivity index (χ0v) is 14.0. The lowest BCUT2D eigenvalue weighted by Crippen LogP contribution is -2.24. The smallest absolute Gasteiger partial charge is 0.387 e. The molecule has 2 aliphatic rings. The lowest BCUT2D eigenvalue weighted by molar-refractivity contribution is -0.0498. The summed E-state index contributed by atoms with van der Waals surface area (Å²) in [6.45, 7) is -0.358. The first-order chi connectivity index (χ1) is 11.1. The van der Waals surface area contributed by atoms with Gasteiger partial charge in [-0.25, -0.2) is 0 Å². The Balaban J connectivity index is 1.50. The average molecular weight is 322 g/mol. The molecule has 0 spiro atoms. The van der Waals surface area contributed by atoms with E-state index in [9.17, 15) is 8.78 Å². The Hall–Kier alpha value is -1.12. The second-order valence-corrected chi connectivity index (χ2v) is 7.58. The number of ether oxygens (including phenoxy) is 1. The largest absolute Gasteiger partial charge is 0.435 e. The van der Waals surface area contributed by atoms with Crippen LogP contribution in [0.15, 0.2) is 24.3 Å². The van der Waals surface area contributed by atoms with Crippen LogP contribution in [0.2, 0.25) is 0 Å². The molecule has 23 heavy (non-hydrogen) atoms. The first-order valence-electron chi connectivity index (χ1n) is 9.16. The quantitative estimate of drug-likeness (QED) is 0.624. The van der Waals surface area contributed by atoms with Gasteiger partial charge in [-0.1, -0.05) is 31.9 Å². The minimum absolute atomic E-state index is 0.258. The lowest BCUT2D eigenvalue weighted by atomic mass is 9.68. The predicted molar refractivity (Wildman–Crippen MR) is 88.9 cm³/mol. The third kappa shape index (κ3) is 4.45. The van der Waals surface area contributed by atoms with Crippen molar-refractivity contribution >= 4 is 0 Å². The topological polar surface area (TPSA) is 9.23 Å². The van der Waals surface area contributed by atoms with Crippen LogP contribution in [0.4, 0.5) is 8.78 Å². The molecule has 0 N–H and O–H groups in total. The van der Waals surface area contributed by atoms with Gasteiger partial charge in [0, 0.05) is 0 Å². The minimum Gasteiger partial charge on any atom is -0.435 e. The van der Waals surface area contributed by atoms with Gasteiger partial charge >= 0.3 is 6.61 Å². The van der Waals surface area contributed by atoms with E-state index in [0.717, 1.165) is 17.8 Å². The minimum atomic E-state index is -2.74. The van der Waals surface area contributed by atoms with Crippen LogP contribution in [0.3, 0.4) is 0 Å². The molecule has 0 unspecified atom stereocenters. The normalized spacial score (nSPS) is 32.0. The van der Waals surface area contributed by atoms with E-state index in [2.05, 4.69) is 11.7 Å². The van der Waals surface area contributed by atoms with Crippen molar-refractivity contribution in [1.82, 2.24) is 0 Å². The van der Waals surface area contributed by atoms with Crippen LogP contribution < -0.4 is 4.74 Å². The van der Waals surface area contributed by atoms with Gasteiger partial charge in [0.2, 0.25) is 0 Å². The maximum Gasteiger partial charge on any atom is 0.387 e. The van der Waals surface area contributed by atoms with Crippen LogP contribution in [0.5, 0.6) is 5.75 Å². The van der Waals surface area contributed by atoms with E-state index in [0.29, 0.717) is 5.92 Å². The van der Waals surface area contributed by atoms with Gasteiger partial charge in [0.1, 0.15) is 5.75 Å². The molecule has 128 valence electrons. The molecule has 0 saturated heterocycles. The number of hydrogen-bond donors (Lipinski definition) is 0. The summed E-state index contributed by atoms with van der Waals surface area (Å²) in [5.41, 5.74) is 1.28. The third-order valence-electron chi connectivity index (χ3n) is 6.08. The van der Waals surface area contributed by atoms with E-state index in [1.807, 2.05) is 12.1 Å². The zero-order valence-electron chi connectivity index (χ0n) is 14.0. The monoisotopic (exact) mass is 322 g/mol. The molecule has 0 amide bonds. The number of halogens is 2. The van der Waals surface area contributed by atoms with Gasteiger partial charge in [-0.05, 0) is 79.9 Å². The number of benzene rings is 1. The fraction of sp³-hybridized carbons (Fsp3) is 0.700. The van der Waals surface area contributed by atoms with Gasteiger partial charge in [-0.2, -0.15) is 8.78 Å². The maximum atomic E-state index is 12.2. The zero-order chi connectivity index (χ0) is 16.2. The van der Waals surface area contributed by atoms with Gasteiger partial charge < -0.3 is 4.74 Å². The summed E-state index contributed by atoms with van der Waals surface area (Å²) < 4.78 is 28.8. The van der Waals surface area contributed by atoms with Gasteiger partial charge in [0.25, 0.3) is 0 Å². The van der Waals surface area contributed by atoms with Crippen molar-refractivity contribution < 1.29 is 13.5 Å². The van der Waals surface area contributed by atoms with Crippen molar-refractivity contribution in [3.63, 3.8) is 0 Å². The second kappa shape index (κ2) is 7.63. The van der Waals surface area contributed by atoms with E-state index < -0.39 is 6.61 Å². The molecule has 0 bridgehead atoms. The van der Waals surface area contributed by atoms with Gasteiger partial charge in [-0.15, -0.1) is 0 Å². The molecule has 0 aliphatic heterocycles. The van der Waals surface area contributed by atoms with Gasteiger partial charge in [0.05, 0.1) is 0 Å². The molecule has 3 heteroatoms. The summed E-state index contributed by atoms with van der Waals surface area (Å²) in [7, 11) is 0. The summed E-state index contributed by atoms with van der Waals surface area (Å²) in [4.78, 5) is 0. The Labute approximate surface area is 138 Å². The first kappa shape index (κ1) is 16.7. The van der Waals surface area contributed by atoms with Gasteiger partial charge in [-0.3, -0.25) is 0 Å². The highest BCUT2D eigenvalue weighted by Crippen LogP contribution is 2.43. The molecule has 1 aromatic rings. The molecule has 0 atom stereocenters. The maximum absolute atomic E-state index is 12.2.